The minimum atomic E-state index is -0.102. The molecule has 4 heteroatoms. The van der Waals surface area contributed by atoms with Crippen molar-refractivity contribution in [2.45, 2.75) is 32.7 Å². The molecule has 21 heavy (non-hydrogen) atoms. The van der Waals surface area contributed by atoms with Gasteiger partial charge in [0, 0.05) is 33.3 Å². The molecular formula is C17H27FN2O. The molecule has 1 saturated carbocycles. The van der Waals surface area contributed by atoms with Gasteiger partial charge in [-0.15, -0.1) is 0 Å². The molecule has 0 unspecified atom stereocenters. The smallest absolute Gasteiger partial charge is 0.146 e. The van der Waals surface area contributed by atoms with Gasteiger partial charge in [-0.3, -0.25) is 0 Å². The third-order valence-corrected chi connectivity index (χ3v) is 3.85. The summed E-state index contributed by atoms with van der Waals surface area (Å²) in [4.78, 5) is 2.24. The second-order valence-electron chi connectivity index (χ2n) is 5.81. The van der Waals surface area contributed by atoms with Gasteiger partial charge in [0.1, 0.15) is 5.82 Å². The molecule has 0 aliphatic heterocycles. The number of para-hydroxylation sites is 1. The first-order chi connectivity index (χ1) is 10.3. The Labute approximate surface area is 127 Å². The Kier molecular flexibility index (Phi) is 6.46. The molecule has 0 bridgehead atoms. The van der Waals surface area contributed by atoms with Crippen molar-refractivity contribution in [1.82, 2.24) is 5.32 Å². The number of nitrogens with zero attached hydrogens (tertiary/aromatic N) is 1. The quantitative estimate of drug-likeness (QED) is 0.671. The topological polar surface area (TPSA) is 24.5 Å². The molecule has 118 valence electrons. The fourth-order valence-electron chi connectivity index (χ4n) is 2.63. The second kappa shape index (κ2) is 8.35. The largest absolute Gasteiger partial charge is 0.383 e. The van der Waals surface area contributed by atoms with Gasteiger partial charge in [0.2, 0.25) is 0 Å². The predicted molar refractivity (Wildman–Crippen MR) is 85.2 cm³/mol. The van der Waals surface area contributed by atoms with Gasteiger partial charge in [-0.05, 0) is 36.8 Å². The monoisotopic (exact) mass is 294 g/mol. The first-order valence-corrected chi connectivity index (χ1v) is 7.98. The normalized spacial score (nSPS) is 14.4. The average Bonchev–Trinajstić information content (AvgIpc) is 3.27. The van der Waals surface area contributed by atoms with Gasteiger partial charge in [0.15, 0.2) is 0 Å². The van der Waals surface area contributed by atoms with Crippen LogP contribution in [-0.2, 0) is 11.3 Å². The van der Waals surface area contributed by atoms with Crippen LogP contribution in [0.1, 0.15) is 31.7 Å². The fourth-order valence-corrected chi connectivity index (χ4v) is 2.63. The van der Waals surface area contributed by atoms with E-state index in [1.54, 1.807) is 19.2 Å². The molecule has 0 radical (unpaired) electrons. The van der Waals surface area contributed by atoms with Crippen LogP contribution in [0.3, 0.4) is 0 Å². The Morgan fingerprint density at radius 2 is 2.19 bits per heavy atom. The van der Waals surface area contributed by atoms with Gasteiger partial charge in [-0.1, -0.05) is 19.1 Å². The van der Waals surface area contributed by atoms with Crippen molar-refractivity contribution in [3.63, 3.8) is 0 Å². The number of rotatable bonds is 10. The summed E-state index contributed by atoms with van der Waals surface area (Å²) >= 11 is 0. The molecule has 1 N–H and O–H groups in total. The van der Waals surface area contributed by atoms with Crippen molar-refractivity contribution in [3.8, 4) is 0 Å². The number of ether oxygens (including phenoxy) is 1. The van der Waals surface area contributed by atoms with E-state index in [0.717, 1.165) is 43.2 Å². The van der Waals surface area contributed by atoms with E-state index in [0.29, 0.717) is 13.2 Å². The van der Waals surface area contributed by atoms with E-state index in [4.69, 9.17) is 4.74 Å². The molecule has 1 aliphatic carbocycles. The summed E-state index contributed by atoms with van der Waals surface area (Å²) in [6.07, 6.45) is 3.61. The van der Waals surface area contributed by atoms with Crippen LogP contribution < -0.4 is 10.2 Å². The molecular weight excluding hydrogens is 267 g/mol. The predicted octanol–water partition coefficient (Wildman–Crippen LogP) is 3.19. The molecule has 0 saturated heterocycles. The number of nitrogens with one attached hydrogen (secondary N) is 1. The van der Waals surface area contributed by atoms with Gasteiger partial charge in [0.05, 0.1) is 12.3 Å². The Bertz CT molecular complexity index is 435. The van der Waals surface area contributed by atoms with Crippen molar-refractivity contribution >= 4 is 5.69 Å². The van der Waals surface area contributed by atoms with E-state index >= 15 is 0 Å². The molecule has 3 nitrogen and oxygen atoms in total. The Morgan fingerprint density at radius 1 is 1.38 bits per heavy atom. The van der Waals surface area contributed by atoms with Crippen LogP contribution in [0.2, 0.25) is 0 Å². The van der Waals surface area contributed by atoms with E-state index in [2.05, 4.69) is 17.1 Å². The van der Waals surface area contributed by atoms with Crippen LogP contribution in [0.5, 0.6) is 0 Å². The first-order valence-electron chi connectivity index (χ1n) is 7.98. The van der Waals surface area contributed by atoms with Crippen molar-refractivity contribution in [2.75, 3.05) is 38.3 Å². The van der Waals surface area contributed by atoms with Gasteiger partial charge in [-0.2, -0.15) is 0 Å². The molecule has 1 fully saturated rings. The van der Waals surface area contributed by atoms with Crippen molar-refractivity contribution in [3.05, 3.63) is 29.6 Å². The van der Waals surface area contributed by atoms with Crippen LogP contribution in [0, 0.1) is 11.7 Å². The zero-order chi connectivity index (χ0) is 15.1. The van der Waals surface area contributed by atoms with Gasteiger partial charge in [-0.25, -0.2) is 4.39 Å². The van der Waals surface area contributed by atoms with Gasteiger partial charge < -0.3 is 15.0 Å². The Balaban J connectivity index is 2.09. The summed E-state index contributed by atoms with van der Waals surface area (Å²) in [5.41, 5.74) is 1.83. The summed E-state index contributed by atoms with van der Waals surface area (Å²) < 4.78 is 19.4. The van der Waals surface area contributed by atoms with Gasteiger partial charge in [0.25, 0.3) is 0 Å². The van der Waals surface area contributed by atoms with Crippen LogP contribution in [-0.4, -0.2) is 33.4 Å². The lowest BCUT2D eigenvalue weighted by molar-refractivity contribution is 0.199. The minimum absolute atomic E-state index is 0.102. The molecule has 0 spiro atoms. The van der Waals surface area contributed by atoms with E-state index in [-0.39, 0.29) is 5.82 Å². The molecule has 0 amide bonds. The molecule has 0 heterocycles. The fraction of sp³-hybridized carbons (Fsp3) is 0.647. The highest BCUT2D eigenvalue weighted by molar-refractivity contribution is 5.55. The standard InChI is InChI=1S/C17H27FN2O/c1-3-10-20(13-14-7-8-14)17-15(5-4-6-16(17)18)12-19-9-11-21-2/h4-6,14,19H,3,7-13H2,1-2H3. The van der Waals surface area contributed by atoms with Crippen molar-refractivity contribution < 1.29 is 9.13 Å². The average molecular weight is 294 g/mol. The van der Waals surface area contributed by atoms with Crippen LogP contribution in [0.25, 0.3) is 0 Å². The zero-order valence-electron chi connectivity index (χ0n) is 13.2. The van der Waals surface area contributed by atoms with Crippen molar-refractivity contribution in [2.24, 2.45) is 5.92 Å². The van der Waals surface area contributed by atoms with E-state index in [9.17, 15) is 4.39 Å². The number of halogens is 1. The highest BCUT2D eigenvalue weighted by atomic mass is 19.1. The number of hydrogen-bond donors (Lipinski definition) is 1. The Morgan fingerprint density at radius 3 is 2.86 bits per heavy atom. The number of anilines is 1. The molecule has 0 atom stereocenters. The van der Waals surface area contributed by atoms with E-state index in [1.165, 1.54) is 12.8 Å². The second-order valence-corrected chi connectivity index (χ2v) is 5.81. The Hall–Kier alpha value is -1.13. The summed E-state index contributed by atoms with van der Waals surface area (Å²) in [5.74, 6) is 0.653. The summed E-state index contributed by atoms with van der Waals surface area (Å²) in [6.45, 7) is 6.19. The lowest BCUT2D eigenvalue weighted by atomic mass is 10.1. The summed E-state index contributed by atoms with van der Waals surface area (Å²) in [5, 5.41) is 3.32. The molecule has 1 aromatic carbocycles. The third-order valence-electron chi connectivity index (χ3n) is 3.85. The van der Waals surface area contributed by atoms with Crippen LogP contribution in [0.15, 0.2) is 18.2 Å². The maximum atomic E-state index is 14.4. The SMILES string of the molecule is CCCN(CC1CC1)c1c(F)cccc1CNCCOC. The van der Waals surface area contributed by atoms with Crippen LogP contribution in [0.4, 0.5) is 10.1 Å². The first kappa shape index (κ1) is 16.2. The van der Waals surface area contributed by atoms with Crippen LogP contribution >= 0.6 is 0 Å². The summed E-state index contributed by atoms with van der Waals surface area (Å²) in [7, 11) is 1.69. The lowest BCUT2D eigenvalue weighted by Gasteiger charge is -2.27. The van der Waals surface area contributed by atoms with E-state index in [1.807, 2.05) is 6.07 Å². The molecule has 2 rings (SSSR count). The third kappa shape index (κ3) is 4.97. The van der Waals surface area contributed by atoms with E-state index < -0.39 is 0 Å². The number of hydrogen-bond acceptors (Lipinski definition) is 3. The number of methoxy groups -OCH3 is 1. The highest BCUT2D eigenvalue weighted by Gasteiger charge is 2.26. The van der Waals surface area contributed by atoms with Gasteiger partial charge >= 0.3 is 0 Å². The minimum Gasteiger partial charge on any atom is -0.383 e. The highest BCUT2D eigenvalue weighted by Crippen LogP contribution is 2.33. The maximum absolute atomic E-state index is 14.4. The lowest BCUT2D eigenvalue weighted by Crippen LogP contribution is -2.29. The zero-order valence-corrected chi connectivity index (χ0v) is 13.2. The molecule has 1 aromatic rings. The van der Waals surface area contributed by atoms with Crippen molar-refractivity contribution in [1.29, 1.82) is 0 Å². The molecule has 0 aromatic heterocycles. The molecule has 1 aliphatic rings. The maximum Gasteiger partial charge on any atom is 0.146 e. The summed E-state index contributed by atoms with van der Waals surface area (Å²) in [6, 6.07) is 5.39. The number of benzene rings is 1.